The molecule has 0 spiro atoms. The highest BCUT2D eigenvalue weighted by Gasteiger charge is 2.33. The normalized spacial score (nSPS) is 23.8. The molecule has 96 valence electrons. The first kappa shape index (κ1) is 13.8. The molecule has 1 fully saturated rings. The van der Waals surface area contributed by atoms with Crippen molar-refractivity contribution in [2.45, 2.75) is 76.6 Å². The lowest BCUT2D eigenvalue weighted by Gasteiger charge is -2.33. The summed E-state index contributed by atoms with van der Waals surface area (Å²) in [5, 5.41) is 3.17. The summed E-state index contributed by atoms with van der Waals surface area (Å²) in [6.45, 7) is 3.69. The lowest BCUT2D eigenvalue weighted by molar-refractivity contribution is -0.140. The molecule has 0 aromatic rings. The predicted octanol–water partition coefficient (Wildman–Crippen LogP) is 4.03. The highest BCUT2D eigenvalue weighted by atomic mass is 19.4. The maximum Gasteiger partial charge on any atom is 0.390 e. The van der Waals surface area contributed by atoms with E-state index < -0.39 is 18.6 Å². The number of nitrogens with one attached hydrogen (secondary N) is 1. The van der Waals surface area contributed by atoms with Gasteiger partial charge in [-0.05, 0) is 26.7 Å². The Kier molecular flexibility index (Phi) is 4.65. The molecule has 4 heteroatoms. The number of hydrogen-bond donors (Lipinski definition) is 1. The van der Waals surface area contributed by atoms with Crippen LogP contribution in [0.1, 0.15) is 58.8 Å². The van der Waals surface area contributed by atoms with Crippen molar-refractivity contribution in [2.24, 2.45) is 0 Å². The van der Waals surface area contributed by atoms with Gasteiger partial charge < -0.3 is 5.32 Å². The minimum absolute atomic E-state index is 0.0961. The van der Waals surface area contributed by atoms with Gasteiger partial charge in [-0.1, -0.05) is 25.7 Å². The van der Waals surface area contributed by atoms with E-state index in [0.29, 0.717) is 0 Å². The zero-order chi connectivity index (χ0) is 12.2. The van der Waals surface area contributed by atoms with Crippen molar-refractivity contribution in [3.05, 3.63) is 0 Å². The van der Waals surface area contributed by atoms with E-state index in [1.807, 2.05) is 0 Å². The number of alkyl halides is 3. The Balaban J connectivity index is 2.44. The summed E-state index contributed by atoms with van der Waals surface area (Å²) in [6.07, 6.45) is 1.88. The first-order valence-corrected chi connectivity index (χ1v) is 6.15. The van der Waals surface area contributed by atoms with Crippen LogP contribution in [0.3, 0.4) is 0 Å². The van der Waals surface area contributed by atoms with E-state index in [9.17, 15) is 13.2 Å². The van der Waals surface area contributed by atoms with Gasteiger partial charge in [-0.25, -0.2) is 0 Å². The molecule has 1 N–H and O–H groups in total. The second kappa shape index (κ2) is 5.39. The molecule has 0 amide bonds. The van der Waals surface area contributed by atoms with Gasteiger partial charge in [-0.2, -0.15) is 13.2 Å². The van der Waals surface area contributed by atoms with Gasteiger partial charge in [0, 0.05) is 11.6 Å². The lowest BCUT2D eigenvalue weighted by atomic mass is 9.91. The molecule has 0 bridgehead atoms. The van der Waals surface area contributed by atoms with Crippen LogP contribution in [0.15, 0.2) is 0 Å². The smallest absolute Gasteiger partial charge is 0.309 e. The average Bonchev–Trinajstić information content (AvgIpc) is 2.25. The van der Waals surface area contributed by atoms with Crippen LogP contribution in [0.2, 0.25) is 0 Å². The zero-order valence-corrected chi connectivity index (χ0v) is 10.2. The molecule has 0 heterocycles. The second-order valence-corrected chi connectivity index (χ2v) is 5.34. The molecule has 1 saturated carbocycles. The van der Waals surface area contributed by atoms with E-state index >= 15 is 0 Å². The summed E-state index contributed by atoms with van der Waals surface area (Å²) < 4.78 is 36.7. The quantitative estimate of drug-likeness (QED) is 0.731. The van der Waals surface area contributed by atoms with Crippen LogP contribution in [0.5, 0.6) is 0 Å². The van der Waals surface area contributed by atoms with Crippen molar-refractivity contribution in [3.63, 3.8) is 0 Å². The SMILES string of the molecule is CC(CC(F)(F)F)NC1(C)CCCCCC1. The molecule has 0 radical (unpaired) electrons. The Morgan fingerprint density at radius 2 is 1.62 bits per heavy atom. The summed E-state index contributed by atoms with van der Waals surface area (Å²) >= 11 is 0. The predicted molar refractivity (Wildman–Crippen MR) is 59.4 cm³/mol. The Labute approximate surface area is 95.8 Å². The van der Waals surface area contributed by atoms with Crippen molar-refractivity contribution in [1.29, 1.82) is 0 Å². The van der Waals surface area contributed by atoms with Gasteiger partial charge in [0.15, 0.2) is 0 Å². The fourth-order valence-corrected chi connectivity index (χ4v) is 2.65. The summed E-state index contributed by atoms with van der Waals surface area (Å²) in [7, 11) is 0. The van der Waals surface area contributed by atoms with Gasteiger partial charge in [0.1, 0.15) is 0 Å². The fourth-order valence-electron chi connectivity index (χ4n) is 2.65. The molecule has 1 atom stereocenters. The van der Waals surface area contributed by atoms with Crippen molar-refractivity contribution >= 4 is 0 Å². The molecule has 1 unspecified atom stereocenters. The standard InChI is InChI=1S/C12H22F3N/c1-10(9-12(13,14)15)16-11(2)7-5-3-4-6-8-11/h10,16H,3-9H2,1-2H3. The van der Waals surface area contributed by atoms with Gasteiger partial charge in [0.25, 0.3) is 0 Å². The Bertz CT molecular complexity index is 205. The van der Waals surface area contributed by atoms with Gasteiger partial charge in [0.2, 0.25) is 0 Å². The maximum atomic E-state index is 12.2. The number of hydrogen-bond acceptors (Lipinski definition) is 1. The second-order valence-electron chi connectivity index (χ2n) is 5.34. The van der Waals surface area contributed by atoms with Crippen molar-refractivity contribution in [2.75, 3.05) is 0 Å². The van der Waals surface area contributed by atoms with E-state index in [1.165, 1.54) is 12.8 Å². The largest absolute Gasteiger partial charge is 0.390 e. The number of halogens is 3. The Morgan fingerprint density at radius 1 is 1.12 bits per heavy atom. The van der Waals surface area contributed by atoms with E-state index in [1.54, 1.807) is 6.92 Å². The van der Waals surface area contributed by atoms with E-state index in [-0.39, 0.29) is 5.54 Å². The molecule has 1 aliphatic carbocycles. The highest BCUT2D eigenvalue weighted by molar-refractivity contribution is 4.87. The highest BCUT2D eigenvalue weighted by Crippen LogP contribution is 2.29. The molecular formula is C12H22F3N. The van der Waals surface area contributed by atoms with E-state index in [2.05, 4.69) is 12.2 Å². The van der Waals surface area contributed by atoms with E-state index in [4.69, 9.17) is 0 Å². The van der Waals surface area contributed by atoms with Gasteiger partial charge >= 0.3 is 6.18 Å². The van der Waals surface area contributed by atoms with Crippen molar-refractivity contribution in [1.82, 2.24) is 5.32 Å². The first-order valence-electron chi connectivity index (χ1n) is 6.15. The van der Waals surface area contributed by atoms with Crippen LogP contribution in [-0.2, 0) is 0 Å². The molecule has 0 saturated heterocycles. The molecule has 0 aromatic carbocycles. The topological polar surface area (TPSA) is 12.0 Å². The molecule has 1 rings (SSSR count). The lowest BCUT2D eigenvalue weighted by Crippen LogP contribution is -2.48. The van der Waals surface area contributed by atoms with Crippen LogP contribution in [-0.4, -0.2) is 17.8 Å². The average molecular weight is 237 g/mol. The van der Waals surface area contributed by atoms with Crippen LogP contribution in [0, 0.1) is 0 Å². The van der Waals surface area contributed by atoms with Crippen LogP contribution in [0.4, 0.5) is 13.2 Å². The van der Waals surface area contributed by atoms with Gasteiger partial charge in [0.05, 0.1) is 6.42 Å². The van der Waals surface area contributed by atoms with Crippen LogP contribution >= 0.6 is 0 Å². The first-order chi connectivity index (χ1) is 7.31. The molecule has 0 aliphatic heterocycles. The third-order valence-corrected chi connectivity index (χ3v) is 3.34. The van der Waals surface area contributed by atoms with Crippen molar-refractivity contribution < 1.29 is 13.2 Å². The van der Waals surface area contributed by atoms with Gasteiger partial charge in [-0.3, -0.25) is 0 Å². The summed E-state index contributed by atoms with van der Waals surface area (Å²) in [4.78, 5) is 0. The third kappa shape index (κ3) is 5.19. The number of rotatable bonds is 3. The van der Waals surface area contributed by atoms with Crippen molar-refractivity contribution in [3.8, 4) is 0 Å². The van der Waals surface area contributed by atoms with Crippen LogP contribution in [0.25, 0.3) is 0 Å². The monoisotopic (exact) mass is 237 g/mol. The molecular weight excluding hydrogens is 215 g/mol. The summed E-state index contributed by atoms with van der Waals surface area (Å²) in [6, 6.07) is -0.483. The molecule has 0 aromatic heterocycles. The molecule has 1 nitrogen and oxygen atoms in total. The third-order valence-electron chi connectivity index (χ3n) is 3.34. The minimum atomic E-state index is -4.06. The minimum Gasteiger partial charge on any atom is -0.309 e. The summed E-state index contributed by atoms with van der Waals surface area (Å²) in [5.41, 5.74) is -0.0961. The zero-order valence-electron chi connectivity index (χ0n) is 10.2. The van der Waals surface area contributed by atoms with Gasteiger partial charge in [-0.15, -0.1) is 0 Å². The van der Waals surface area contributed by atoms with Crippen LogP contribution < -0.4 is 5.32 Å². The summed E-state index contributed by atoms with van der Waals surface area (Å²) in [5.74, 6) is 0. The molecule has 1 aliphatic rings. The van der Waals surface area contributed by atoms with E-state index in [0.717, 1.165) is 25.7 Å². The fraction of sp³-hybridized carbons (Fsp3) is 1.00. The Morgan fingerprint density at radius 3 is 2.06 bits per heavy atom. The molecule has 16 heavy (non-hydrogen) atoms. The Hall–Kier alpha value is -0.250. The maximum absolute atomic E-state index is 12.2.